The standard InChI is InChI=1S/C15H13N3O/c16-15(19)13-6-5-11(9-18-13)14-12-4-2-1-3-10(12)7-8-17-14/h1-6,9H,7-8H2,(H2,16,19). The highest BCUT2D eigenvalue weighted by atomic mass is 16.1. The van der Waals surface area contributed by atoms with Crippen molar-refractivity contribution in [3.63, 3.8) is 0 Å². The minimum Gasteiger partial charge on any atom is -0.364 e. The molecule has 0 atom stereocenters. The molecule has 2 aromatic rings. The Balaban J connectivity index is 2.03. The summed E-state index contributed by atoms with van der Waals surface area (Å²) >= 11 is 0. The monoisotopic (exact) mass is 251 g/mol. The fourth-order valence-electron chi connectivity index (χ4n) is 2.27. The minimum absolute atomic E-state index is 0.272. The van der Waals surface area contributed by atoms with Crippen molar-refractivity contribution in [2.24, 2.45) is 10.7 Å². The van der Waals surface area contributed by atoms with Gasteiger partial charge in [0.2, 0.25) is 0 Å². The SMILES string of the molecule is NC(=O)c1ccc(C2=NCCc3ccccc32)cn1. The number of primary amides is 1. The van der Waals surface area contributed by atoms with Crippen LogP contribution in [-0.4, -0.2) is 23.1 Å². The Morgan fingerprint density at radius 1 is 1.16 bits per heavy atom. The van der Waals surface area contributed by atoms with Crippen molar-refractivity contribution >= 4 is 11.6 Å². The summed E-state index contributed by atoms with van der Waals surface area (Å²) in [5.74, 6) is -0.516. The number of nitrogens with two attached hydrogens (primary N) is 1. The van der Waals surface area contributed by atoms with Crippen LogP contribution in [-0.2, 0) is 6.42 Å². The number of rotatable bonds is 2. The number of fused-ring (bicyclic) bond motifs is 1. The average Bonchev–Trinajstić information content (AvgIpc) is 2.47. The minimum atomic E-state index is -0.516. The second-order valence-electron chi connectivity index (χ2n) is 4.43. The van der Waals surface area contributed by atoms with E-state index in [-0.39, 0.29) is 5.69 Å². The van der Waals surface area contributed by atoms with E-state index in [4.69, 9.17) is 5.73 Å². The van der Waals surface area contributed by atoms with Gasteiger partial charge >= 0.3 is 0 Å². The maximum Gasteiger partial charge on any atom is 0.267 e. The molecule has 0 saturated carbocycles. The molecule has 0 fully saturated rings. The van der Waals surface area contributed by atoms with E-state index in [1.807, 2.05) is 18.2 Å². The lowest BCUT2D eigenvalue weighted by Crippen LogP contribution is -2.16. The zero-order valence-corrected chi connectivity index (χ0v) is 10.3. The topological polar surface area (TPSA) is 68.3 Å². The molecule has 2 heterocycles. The van der Waals surface area contributed by atoms with Crippen LogP contribution in [0.5, 0.6) is 0 Å². The summed E-state index contributed by atoms with van der Waals surface area (Å²) in [6.07, 6.45) is 2.62. The Labute approximate surface area is 111 Å². The predicted octanol–water partition coefficient (Wildman–Crippen LogP) is 1.57. The van der Waals surface area contributed by atoms with Gasteiger partial charge in [0.1, 0.15) is 5.69 Å². The molecule has 2 N–H and O–H groups in total. The third kappa shape index (κ3) is 2.12. The van der Waals surface area contributed by atoms with Gasteiger partial charge in [-0.15, -0.1) is 0 Å². The molecule has 19 heavy (non-hydrogen) atoms. The first-order valence-corrected chi connectivity index (χ1v) is 6.14. The summed E-state index contributed by atoms with van der Waals surface area (Å²) in [6, 6.07) is 11.7. The fourth-order valence-corrected chi connectivity index (χ4v) is 2.27. The van der Waals surface area contributed by atoms with Crippen LogP contribution in [0.1, 0.15) is 27.2 Å². The molecule has 1 amide bonds. The molecular weight excluding hydrogens is 238 g/mol. The molecule has 0 unspecified atom stereocenters. The highest BCUT2D eigenvalue weighted by Crippen LogP contribution is 2.19. The van der Waals surface area contributed by atoms with Gasteiger partial charge in [0, 0.05) is 23.9 Å². The van der Waals surface area contributed by atoms with Gasteiger partial charge in [-0.3, -0.25) is 14.8 Å². The van der Waals surface area contributed by atoms with E-state index in [0.29, 0.717) is 0 Å². The maximum atomic E-state index is 11.0. The van der Waals surface area contributed by atoms with Crippen LogP contribution >= 0.6 is 0 Å². The number of amides is 1. The third-order valence-corrected chi connectivity index (χ3v) is 3.21. The summed E-state index contributed by atoms with van der Waals surface area (Å²) in [5.41, 5.74) is 9.75. The first-order chi connectivity index (χ1) is 9.25. The van der Waals surface area contributed by atoms with Crippen LogP contribution < -0.4 is 5.73 Å². The van der Waals surface area contributed by atoms with Crippen molar-refractivity contribution in [3.05, 3.63) is 65.0 Å². The molecule has 3 rings (SSSR count). The van der Waals surface area contributed by atoms with E-state index >= 15 is 0 Å². The Morgan fingerprint density at radius 2 is 2.00 bits per heavy atom. The van der Waals surface area contributed by atoms with Crippen LogP contribution in [0.4, 0.5) is 0 Å². The van der Waals surface area contributed by atoms with E-state index in [9.17, 15) is 4.79 Å². The molecule has 1 aromatic carbocycles. The number of aliphatic imine (C=N–C) groups is 1. The maximum absolute atomic E-state index is 11.0. The summed E-state index contributed by atoms with van der Waals surface area (Å²) in [7, 11) is 0. The number of benzene rings is 1. The number of pyridine rings is 1. The molecule has 0 bridgehead atoms. The molecule has 0 aliphatic carbocycles. The van der Waals surface area contributed by atoms with Crippen molar-refractivity contribution < 1.29 is 4.79 Å². The molecule has 1 aromatic heterocycles. The quantitative estimate of drug-likeness (QED) is 0.880. The number of carbonyl (C=O) groups is 1. The molecule has 0 radical (unpaired) electrons. The summed E-state index contributed by atoms with van der Waals surface area (Å²) < 4.78 is 0. The van der Waals surface area contributed by atoms with Crippen molar-refractivity contribution in [1.82, 2.24) is 4.98 Å². The lowest BCUT2D eigenvalue weighted by molar-refractivity contribution is 0.0995. The highest BCUT2D eigenvalue weighted by molar-refractivity contribution is 6.14. The van der Waals surface area contributed by atoms with E-state index in [1.54, 1.807) is 12.3 Å². The summed E-state index contributed by atoms with van der Waals surface area (Å²) in [5, 5.41) is 0. The zero-order valence-electron chi connectivity index (χ0n) is 10.3. The van der Waals surface area contributed by atoms with Gasteiger partial charge in [0.15, 0.2) is 0 Å². The van der Waals surface area contributed by atoms with Crippen molar-refractivity contribution in [1.29, 1.82) is 0 Å². The molecule has 0 saturated heterocycles. The first-order valence-electron chi connectivity index (χ1n) is 6.14. The molecule has 1 aliphatic heterocycles. The van der Waals surface area contributed by atoms with Gasteiger partial charge in [0.05, 0.1) is 5.71 Å². The second kappa shape index (κ2) is 4.65. The van der Waals surface area contributed by atoms with Crippen molar-refractivity contribution in [2.75, 3.05) is 6.54 Å². The molecule has 4 nitrogen and oxygen atoms in total. The van der Waals surface area contributed by atoms with Gasteiger partial charge in [-0.25, -0.2) is 0 Å². The van der Waals surface area contributed by atoms with E-state index in [0.717, 1.165) is 29.8 Å². The van der Waals surface area contributed by atoms with E-state index < -0.39 is 5.91 Å². The van der Waals surface area contributed by atoms with E-state index in [1.165, 1.54) is 5.56 Å². The molecule has 94 valence electrons. The molecule has 0 spiro atoms. The Hall–Kier alpha value is -2.49. The Morgan fingerprint density at radius 3 is 2.74 bits per heavy atom. The van der Waals surface area contributed by atoms with Crippen LogP contribution in [0, 0.1) is 0 Å². The van der Waals surface area contributed by atoms with Crippen molar-refractivity contribution in [2.45, 2.75) is 6.42 Å². The normalized spacial score (nSPS) is 13.6. The molecular formula is C15H13N3O. The largest absolute Gasteiger partial charge is 0.364 e. The highest BCUT2D eigenvalue weighted by Gasteiger charge is 2.15. The first kappa shape index (κ1) is 11.6. The van der Waals surface area contributed by atoms with Crippen LogP contribution in [0.3, 0.4) is 0 Å². The van der Waals surface area contributed by atoms with E-state index in [2.05, 4.69) is 22.1 Å². The second-order valence-corrected chi connectivity index (χ2v) is 4.43. The Bertz CT molecular complexity index is 659. The molecule has 4 heteroatoms. The smallest absolute Gasteiger partial charge is 0.267 e. The van der Waals surface area contributed by atoms with Crippen molar-refractivity contribution in [3.8, 4) is 0 Å². The number of nitrogens with zero attached hydrogens (tertiary/aromatic N) is 2. The van der Waals surface area contributed by atoms with Gasteiger partial charge in [-0.1, -0.05) is 24.3 Å². The summed E-state index contributed by atoms with van der Waals surface area (Å²) in [4.78, 5) is 19.7. The van der Waals surface area contributed by atoms with Gasteiger partial charge < -0.3 is 5.73 Å². The zero-order chi connectivity index (χ0) is 13.2. The average molecular weight is 251 g/mol. The van der Waals surface area contributed by atoms with Crippen LogP contribution in [0.25, 0.3) is 0 Å². The number of hydrogen-bond donors (Lipinski definition) is 1. The number of hydrogen-bond acceptors (Lipinski definition) is 3. The summed E-state index contributed by atoms with van der Waals surface area (Å²) in [6.45, 7) is 0.782. The number of aromatic nitrogens is 1. The van der Waals surface area contributed by atoms with Gasteiger partial charge in [-0.05, 0) is 24.1 Å². The fraction of sp³-hybridized carbons (Fsp3) is 0.133. The lowest BCUT2D eigenvalue weighted by Gasteiger charge is -2.16. The van der Waals surface area contributed by atoms with Crippen LogP contribution in [0.15, 0.2) is 47.6 Å². The Kier molecular flexibility index (Phi) is 2.83. The molecule has 1 aliphatic rings. The lowest BCUT2D eigenvalue weighted by atomic mass is 9.94. The number of carbonyl (C=O) groups excluding carboxylic acids is 1. The predicted molar refractivity (Wildman–Crippen MR) is 73.4 cm³/mol. The third-order valence-electron chi connectivity index (χ3n) is 3.21. The van der Waals surface area contributed by atoms with Gasteiger partial charge in [0.25, 0.3) is 5.91 Å². The van der Waals surface area contributed by atoms with Crippen LogP contribution in [0.2, 0.25) is 0 Å². The van der Waals surface area contributed by atoms with Gasteiger partial charge in [-0.2, -0.15) is 0 Å².